The van der Waals surface area contributed by atoms with Crippen molar-refractivity contribution in [3.05, 3.63) is 0 Å². The molecule has 2 rings (SSSR count). The Kier molecular flexibility index (Phi) is 3.95. The first-order valence-corrected chi connectivity index (χ1v) is 7.52. The molecule has 0 spiro atoms. The number of nitrogens with two attached hydrogens (primary N) is 1. The summed E-state index contributed by atoms with van der Waals surface area (Å²) in [5, 5.41) is 0. The van der Waals surface area contributed by atoms with Crippen molar-refractivity contribution in [3.63, 3.8) is 0 Å². The highest BCUT2D eigenvalue weighted by Crippen LogP contribution is 2.42. The van der Waals surface area contributed by atoms with E-state index in [1.165, 1.54) is 6.42 Å². The van der Waals surface area contributed by atoms with Gasteiger partial charge in [-0.2, -0.15) is 0 Å². The first-order chi connectivity index (χ1) is 8.49. The van der Waals surface area contributed by atoms with Crippen LogP contribution in [0, 0.1) is 5.41 Å². The maximum absolute atomic E-state index is 12.9. The predicted molar refractivity (Wildman–Crippen MR) is 77.3 cm³/mol. The predicted octanol–water partition coefficient (Wildman–Crippen LogP) is 2.62. The average Bonchev–Trinajstić information content (AvgIpc) is 2.78. The van der Waals surface area contributed by atoms with Crippen molar-refractivity contribution < 1.29 is 4.79 Å². The lowest BCUT2D eigenvalue weighted by molar-refractivity contribution is -0.144. The summed E-state index contributed by atoms with van der Waals surface area (Å²) in [7, 11) is 0. The number of amides is 1. The van der Waals surface area contributed by atoms with E-state index < -0.39 is 5.41 Å². The monoisotopic (exact) mass is 268 g/mol. The molecule has 0 aromatic carbocycles. The second-order valence-electron chi connectivity index (χ2n) is 5.99. The number of hydrogen-bond acceptors (Lipinski definition) is 2. The number of likely N-dealkylation sites (tertiary alicyclic amines) is 1. The Morgan fingerprint density at radius 1 is 1.17 bits per heavy atom. The molecule has 2 aliphatic rings. The zero-order valence-corrected chi connectivity index (χ0v) is 12.3. The van der Waals surface area contributed by atoms with Gasteiger partial charge < -0.3 is 10.6 Å². The van der Waals surface area contributed by atoms with Gasteiger partial charge in [0, 0.05) is 12.1 Å². The summed E-state index contributed by atoms with van der Waals surface area (Å²) in [5.74, 6) is 0.201. The Balaban J connectivity index is 2.25. The van der Waals surface area contributed by atoms with Crippen molar-refractivity contribution in [2.75, 3.05) is 0 Å². The molecular formula is C14H24N2OS. The van der Waals surface area contributed by atoms with Gasteiger partial charge in [0.1, 0.15) is 0 Å². The highest BCUT2D eigenvalue weighted by molar-refractivity contribution is 7.80. The normalized spacial score (nSPS) is 31.3. The number of nitrogens with zero attached hydrogens (tertiary/aromatic N) is 1. The molecule has 0 bridgehead atoms. The van der Waals surface area contributed by atoms with Gasteiger partial charge in [-0.1, -0.05) is 25.1 Å². The molecule has 0 unspecified atom stereocenters. The van der Waals surface area contributed by atoms with Crippen LogP contribution < -0.4 is 5.73 Å². The summed E-state index contributed by atoms with van der Waals surface area (Å²) in [6.07, 6.45) is 7.24. The Labute approximate surface area is 115 Å². The molecule has 4 heteroatoms. The van der Waals surface area contributed by atoms with Crippen LogP contribution in [0.5, 0.6) is 0 Å². The summed E-state index contributed by atoms with van der Waals surface area (Å²) >= 11 is 5.22. The lowest BCUT2D eigenvalue weighted by Gasteiger charge is -2.43. The molecule has 3 nitrogen and oxygen atoms in total. The number of piperidine rings is 1. The zero-order valence-electron chi connectivity index (χ0n) is 11.4. The maximum atomic E-state index is 12.9. The highest BCUT2D eigenvalue weighted by atomic mass is 32.1. The van der Waals surface area contributed by atoms with Gasteiger partial charge in [0.05, 0.1) is 10.4 Å². The van der Waals surface area contributed by atoms with Crippen LogP contribution in [0.15, 0.2) is 0 Å². The first-order valence-electron chi connectivity index (χ1n) is 7.12. The highest BCUT2D eigenvalue weighted by Gasteiger charge is 2.48. The minimum Gasteiger partial charge on any atom is -0.392 e. The third-order valence-corrected chi connectivity index (χ3v) is 5.16. The number of rotatable bonds is 2. The van der Waals surface area contributed by atoms with Crippen LogP contribution in [0.25, 0.3) is 0 Å². The molecule has 1 saturated heterocycles. The Bertz CT molecular complexity index is 340. The summed E-state index contributed by atoms with van der Waals surface area (Å²) in [6, 6.07) is 0.654. The van der Waals surface area contributed by atoms with E-state index in [1.54, 1.807) is 0 Å². The van der Waals surface area contributed by atoms with Crippen LogP contribution in [-0.4, -0.2) is 27.9 Å². The lowest BCUT2D eigenvalue weighted by atomic mass is 9.82. The fourth-order valence-corrected chi connectivity index (χ4v) is 3.90. The molecule has 1 aliphatic heterocycles. The van der Waals surface area contributed by atoms with Crippen molar-refractivity contribution in [1.82, 2.24) is 4.90 Å². The van der Waals surface area contributed by atoms with Crippen molar-refractivity contribution >= 4 is 23.1 Å². The molecule has 2 fully saturated rings. The van der Waals surface area contributed by atoms with Gasteiger partial charge in [-0.15, -0.1) is 0 Å². The molecule has 0 radical (unpaired) electrons. The average molecular weight is 268 g/mol. The van der Waals surface area contributed by atoms with Crippen LogP contribution in [0.2, 0.25) is 0 Å². The minimum absolute atomic E-state index is 0.201. The number of carbonyl (C=O) groups excluding carboxylic acids is 1. The van der Waals surface area contributed by atoms with Crippen molar-refractivity contribution in [2.45, 2.75) is 70.9 Å². The Morgan fingerprint density at radius 3 is 2.11 bits per heavy atom. The van der Waals surface area contributed by atoms with Gasteiger partial charge in [0.15, 0.2) is 0 Å². The number of thiocarbonyl (C=S) groups is 1. The Hall–Kier alpha value is -0.640. The Morgan fingerprint density at radius 2 is 1.67 bits per heavy atom. The molecule has 1 heterocycles. The second-order valence-corrected chi connectivity index (χ2v) is 6.43. The standard InChI is InChI=1S/C14H24N2OS/c1-10-6-5-7-11(2)16(10)13(17)14(12(15)18)8-3-4-9-14/h10-11H,3-9H2,1-2H3,(H2,15,18)/t10-,11+. The van der Waals surface area contributed by atoms with Gasteiger partial charge >= 0.3 is 0 Å². The van der Waals surface area contributed by atoms with E-state index >= 15 is 0 Å². The van der Waals surface area contributed by atoms with Crippen LogP contribution in [0.1, 0.15) is 58.8 Å². The molecular weight excluding hydrogens is 244 g/mol. The molecule has 18 heavy (non-hydrogen) atoms. The van der Waals surface area contributed by atoms with Crippen LogP contribution in [0.3, 0.4) is 0 Å². The van der Waals surface area contributed by atoms with Gasteiger partial charge in [-0.3, -0.25) is 4.79 Å². The molecule has 2 N–H and O–H groups in total. The van der Waals surface area contributed by atoms with Crippen molar-refractivity contribution in [2.24, 2.45) is 11.1 Å². The van der Waals surface area contributed by atoms with E-state index in [9.17, 15) is 4.79 Å². The summed E-state index contributed by atoms with van der Waals surface area (Å²) < 4.78 is 0. The summed E-state index contributed by atoms with van der Waals surface area (Å²) in [4.78, 5) is 15.4. The molecule has 2 atom stereocenters. The van der Waals surface area contributed by atoms with Crippen LogP contribution in [0.4, 0.5) is 0 Å². The smallest absolute Gasteiger partial charge is 0.236 e. The summed E-state index contributed by atoms with van der Waals surface area (Å²) in [5.41, 5.74) is 5.38. The fraction of sp³-hybridized carbons (Fsp3) is 0.857. The zero-order chi connectivity index (χ0) is 13.3. The third kappa shape index (κ3) is 2.15. The van der Waals surface area contributed by atoms with Gasteiger partial charge in [-0.05, 0) is 46.0 Å². The van der Waals surface area contributed by atoms with Crippen molar-refractivity contribution in [1.29, 1.82) is 0 Å². The number of carbonyl (C=O) groups is 1. The molecule has 1 saturated carbocycles. The van der Waals surface area contributed by atoms with E-state index in [2.05, 4.69) is 18.7 Å². The van der Waals surface area contributed by atoms with E-state index in [1.807, 2.05) is 0 Å². The van der Waals surface area contributed by atoms with E-state index in [4.69, 9.17) is 18.0 Å². The fourth-order valence-electron chi connectivity index (χ4n) is 3.61. The molecule has 0 aromatic heterocycles. The molecule has 102 valence electrons. The SMILES string of the molecule is C[C@@H]1CCC[C@H](C)N1C(=O)C1(C(N)=S)CCCC1. The second kappa shape index (κ2) is 5.16. The van der Waals surface area contributed by atoms with E-state index in [0.717, 1.165) is 38.5 Å². The molecule has 0 aromatic rings. The van der Waals surface area contributed by atoms with Gasteiger partial charge in [-0.25, -0.2) is 0 Å². The number of hydrogen-bond donors (Lipinski definition) is 1. The van der Waals surface area contributed by atoms with E-state index in [-0.39, 0.29) is 5.91 Å². The van der Waals surface area contributed by atoms with Crippen LogP contribution >= 0.6 is 12.2 Å². The topological polar surface area (TPSA) is 46.3 Å². The first kappa shape index (κ1) is 13.8. The lowest BCUT2D eigenvalue weighted by Crippen LogP contribution is -2.56. The largest absolute Gasteiger partial charge is 0.392 e. The molecule has 1 amide bonds. The maximum Gasteiger partial charge on any atom is 0.236 e. The van der Waals surface area contributed by atoms with Gasteiger partial charge in [0.25, 0.3) is 0 Å². The molecule has 1 aliphatic carbocycles. The van der Waals surface area contributed by atoms with Gasteiger partial charge in [0.2, 0.25) is 5.91 Å². The quantitative estimate of drug-likeness (QED) is 0.783. The van der Waals surface area contributed by atoms with Crippen molar-refractivity contribution in [3.8, 4) is 0 Å². The third-order valence-electron chi connectivity index (χ3n) is 4.77. The van der Waals surface area contributed by atoms with E-state index in [0.29, 0.717) is 17.1 Å². The minimum atomic E-state index is -0.533. The summed E-state index contributed by atoms with van der Waals surface area (Å²) in [6.45, 7) is 4.30. The van der Waals surface area contributed by atoms with Crippen LogP contribution in [-0.2, 0) is 4.79 Å².